The topological polar surface area (TPSA) is 64.6 Å². The van der Waals surface area contributed by atoms with Gasteiger partial charge < -0.3 is 14.8 Å². The molecule has 168 valence electrons. The Balaban J connectivity index is 2.13. The molecule has 0 unspecified atom stereocenters. The van der Waals surface area contributed by atoms with Crippen molar-refractivity contribution < 1.29 is 19.1 Å². The molecule has 1 amide bonds. The molecule has 1 heterocycles. The van der Waals surface area contributed by atoms with Gasteiger partial charge in [0.15, 0.2) is 0 Å². The van der Waals surface area contributed by atoms with E-state index in [1.807, 2.05) is 33.8 Å². The van der Waals surface area contributed by atoms with Crippen molar-refractivity contribution in [3.05, 3.63) is 35.9 Å². The first-order chi connectivity index (χ1) is 14.2. The number of rotatable bonds is 6. The minimum atomic E-state index is -0.662. The SMILES string of the molecule is CCCC[C@@H]1[C@@H](Cc2ccccc2)CCC[C@H](NC(=O)OC(C)(C)C)C(=O)O[C@H]1C. The Kier molecular flexibility index (Phi) is 9.19. The molecular weight excluding hydrogens is 378 g/mol. The second-order valence-electron chi connectivity index (χ2n) is 9.53. The second kappa shape index (κ2) is 11.4. The third kappa shape index (κ3) is 8.00. The molecule has 0 aromatic heterocycles. The predicted molar refractivity (Wildman–Crippen MR) is 119 cm³/mol. The molecule has 1 fully saturated rings. The van der Waals surface area contributed by atoms with Crippen LogP contribution in [0.1, 0.15) is 78.7 Å². The standard InChI is InChI=1S/C25H39NO4/c1-6-7-15-21-18(2)29-23(27)22(26-24(28)30-25(3,4)5)16-11-14-20(21)17-19-12-9-8-10-13-19/h8-10,12-13,18,20-22H,6-7,11,14-17H2,1-5H3,(H,26,28)/t18-,20+,21-,22-/m0/s1. The quantitative estimate of drug-likeness (QED) is 0.607. The molecule has 2 rings (SSSR count). The molecule has 1 aromatic rings. The van der Waals surface area contributed by atoms with E-state index in [4.69, 9.17) is 9.47 Å². The van der Waals surface area contributed by atoms with Gasteiger partial charge >= 0.3 is 12.1 Å². The molecule has 5 nitrogen and oxygen atoms in total. The first-order valence-corrected chi connectivity index (χ1v) is 11.4. The molecule has 0 bridgehead atoms. The summed E-state index contributed by atoms with van der Waals surface area (Å²) in [4.78, 5) is 25.0. The summed E-state index contributed by atoms with van der Waals surface area (Å²) in [7, 11) is 0. The van der Waals surface area contributed by atoms with Crippen LogP contribution in [0.2, 0.25) is 0 Å². The molecule has 4 atom stereocenters. The van der Waals surface area contributed by atoms with Crippen molar-refractivity contribution in [1.82, 2.24) is 5.32 Å². The predicted octanol–water partition coefficient (Wildman–Crippen LogP) is 5.66. The summed E-state index contributed by atoms with van der Waals surface area (Å²) < 4.78 is 11.2. The average Bonchev–Trinajstić information content (AvgIpc) is 2.70. The van der Waals surface area contributed by atoms with E-state index in [-0.39, 0.29) is 12.1 Å². The summed E-state index contributed by atoms with van der Waals surface area (Å²) in [6.07, 6.45) is 5.97. The number of hydrogen-bond acceptors (Lipinski definition) is 4. The highest BCUT2D eigenvalue weighted by atomic mass is 16.6. The summed E-state index contributed by atoms with van der Waals surface area (Å²) in [5, 5.41) is 2.73. The largest absolute Gasteiger partial charge is 0.461 e. The molecule has 0 aliphatic carbocycles. The van der Waals surface area contributed by atoms with Crippen LogP contribution in [0.4, 0.5) is 4.79 Å². The van der Waals surface area contributed by atoms with Gasteiger partial charge in [0, 0.05) is 0 Å². The maximum Gasteiger partial charge on any atom is 0.408 e. The van der Waals surface area contributed by atoms with Crippen LogP contribution in [-0.2, 0) is 20.7 Å². The van der Waals surface area contributed by atoms with Gasteiger partial charge in [-0.25, -0.2) is 9.59 Å². The molecule has 1 aliphatic rings. The molecule has 1 saturated heterocycles. The zero-order chi connectivity index (χ0) is 22.1. The first kappa shape index (κ1) is 24.2. The Morgan fingerprint density at radius 3 is 2.53 bits per heavy atom. The van der Waals surface area contributed by atoms with Crippen LogP contribution in [0.15, 0.2) is 30.3 Å². The van der Waals surface area contributed by atoms with E-state index >= 15 is 0 Å². The molecule has 0 saturated carbocycles. The number of carbonyl (C=O) groups excluding carboxylic acids is 2. The van der Waals surface area contributed by atoms with Gasteiger partial charge in [0.2, 0.25) is 0 Å². The van der Waals surface area contributed by atoms with E-state index in [1.165, 1.54) is 5.56 Å². The van der Waals surface area contributed by atoms with Crippen molar-refractivity contribution >= 4 is 12.1 Å². The van der Waals surface area contributed by atoms with E-state index in [0.29, 0.717) is 18.3 Å². The van der Waals surface area contributed by atoms with Gasteiger partial charge in [-0.2, -0.15) is 0 Å². The maximum atomic E-state index is 12.8. The number of carbonyl (C=O) groups is 2. The number of amides is 1. The lowest BCUT2D eigenvalue weighted by Gasteiger charge is -2.31. The fourth-order valence-corrected chi connectivity index (χ4v) is 4.31. The minimum Gasteiger partial charge on any atom is -0.461 e. The highest BCUT2D eigenvalue weighted by Crippen LogP contribution is 2.33. The van der Waals surface area contributed by atoms with Crippen molar-refractivity contribution in [2.24, 2.45) is 11.8 Å². The summed E-state index contributed by atoms with van der Waals surface area (Å²) in [5.74, 6) is 0.409. The molecule has 1 N–H and O–H groups in total. The van der Waals surface area contributed by atoms with Crippen LogP contribution < -0.4 is 5.32 Å². The number of hydrogen-bond donors (Lipinski definition) is 1. The number of nitrogens with one attached hydrogen (secondary N) is 1. The smallest absolute Gasteiger partial charge is 0.408 e. The van der Waals surface area contributed by atoms with Gasteiger partial charge in [-0.3, -0.25) is 0 Å². The molecule has 5 heteroatoms. The van der Waals surface area contributed by atoms with Gasteiger partial charge in [0.1, 0.15) is 17.7 Å². The summed E-state index contributed by atoms with van der Waals surface area (Å²) >= 11 is 0. The van der Waals surface area contributed by atoms with Crippen LogP contribution in [-0.4, -0.2) is 29.8 Å². The highest BCUT2D eigenvalue weighted by Gasteiger charge is 2.34. The number of benzene rings is 1. The summed E-state index contributed by atoms with van der Waals surface area (Å²) in [5.41, 5.74) is 0.719. The lowest BCUT2D eigenvalue weighted by Crippen LogP contribution is -2.45. The fraction of sp³-hybridized carbons (Fsp3) is 0.680. The number of alkyl carbamates (subject to hydrolysis) is 1. The van der Waals surface area contributed by atoms with Gasteiger partial charge in [0.05, 0.1) is 0 Å². The minimum absolute atomic E-state index is 0.182. The van der Waals surface area contributed by atoms with Crippen LogP contribution in [0.25, 0.3) is 0 Å². The summed E-state index contributed by atoms with van der Waals surface area (Å²) in [6, 6.07) is 9.88. The van der Waals surface area contributed by atoms with Crippen LogP contribution in [0.3, 0.4) is 0 Å². The lowest BCUT2D eigenvalue weighted by atomic mass is 9.78. The third-order valence-electron chi connectivity index (χ3n) is 5.79. The lowest BCUT2D eigenvalue weighted by molar-refractivity contribution is -0.154. The van der Waals surface area contributed by atoms with E-state index in [9.17, 15) is 9.59 Å². The van der Waals surface area contributed by atoms with Crippen molar-refractivity contribution in [3.63, 3.8) is 0 Å². The van der Waals surface area contributed by atoms with Gasteiger partial charge in [0.25, 0.3) is 0 Å². The molecule has 1 aromatic carbocycles. The van der Waals surface area contributed by atoms with Crippen molar-refractivity contribution in [1.29, 1.82) is 0 Å². The molecule has 0 spiro atoms. The van der Waals surface area contributed by atoms with Crippen molar-refractivity contribution in [2.45, 2.75) is 97.3 Å². The van der Waals surface area contributed by atoms with Crippen molar-refractivity contribution in [2.75, 3.05) is 0 Å². The van der Waals surface area contributed by atoms with Crippen LogP contribution in [0.5, 0.6) is 0 Å². The highest BCUT2D eigenvalue weighted by molar-refractivity contribution is 5.81. The van der Waals surface area contributed by atoms with Crippen LogP contribution >= 0.6 is 0 Å². The van der Waals surface area contributed by atoms with E-state index < -0.39 is 17.7 Å². The Labute approximate surface area is 181 Å². The third-order valence-corrected chi connectivity index (χ3v) is 5.79. The monoisotopic (exact) mass is 417 g/mol. The summed E-state index contributed by atoms with van der Waals surface area (Å²) in [6.45, 7) is 9.62. The van der Waals surface area contributed by atoms with Gasteiger partial charge in [-0.1, -0.05) is 56.5 Å². The number of unbranched alkanes of at least 4 members (excludes halogenated alkanes) is 1. The average molecular weight is 418 g/mol. The van der Waals surface area contributed by atoms with Gasteiger partial charge in [-0.05, 0) is 70.8 Å². The normalized spacial score (nSPS) is 25.4. The number of ether oxygens (including phenoxy) is 2. The fourth-order valence-electron chi connectivity index (χ4n) is 4.31. The zero-order valence-corrected chi connectivity index (χ0v) is 19.3. The number of esters is 1. The van der Waals surface area contributed by atoms with Gasteiger partial charge in [-0.15, -0.1) is 0 Å². The maximum absolute atomic E-state index is 12.8. The molecule has 1 aliphatic heterocycles. The molecular formula is C25H39NO4. The van der Waals surface area contributed by atoms with E-state index in [1.54, 1.807) is 0 Å². The Morgan fingerprint density at radius 2 is 1.90 bits per heavy atom. The van der Waals surface area contributed by atoms with E-state index in [0.717, 1.165) is 38.5 Å². The molecule has 0 radical (unpaired) electrons. The van der Waals surface area contributed by atoms with Crippen molar-refractivity contribution in [3.8, 4) is 0 Å². The van der Waals surface area contributed by atoms with E-state index in [2.05, 4.69) is 36.5 Å². The first-order valence-electron chi connectivity index (χ1n) is 11.4. The number of cyclic esters (lactones) is 1. The van der Waals surface area contributed by atoms with Crippen LogP contribution in [0, 0.1) is 11.8 Å². The Hall–Kier alpha value is -2.04. The Morgan fingerprint density at radius 1 is 1.20 bits per heavy atom. The Bertz CT molecular complexity index is 667. The zero-order valence-electron chi connectivity index (χ0n) is 19.3. The molecule has 30 heavy (non-hydrogen) atoms. The second-order valence-corrected chi connectivity index (χ2v) is 9.53.